The standard InChI is InChI=1S/C16H17NO2S/c1-17(2)15-9-6-10-16(13-15)20(18,19)12-11-14-7-4-3-5-8-14/h3-13H,1-2H3. The lowest BCUT2D eigenvalue weighted by atomic mass is 10.2. The number of hydrogen-bond acceptors (Lipinski definition) is 3. The Morgan fingerprint density at radius 1 is 0.950 bits per heavy atom. The van der Waals surface area contributed by atoms with Gasteiger partial charge in [0.2, 0.25) is 0 Å². The fraction of sp³-hybridized carbons (Fsp3) is 0.125. The number of benzene rings is 2. The summed E-state index contributed by atoms with van der Waals surface area (Å²) in [6, 6.07) is 16.3. The lowest BCUT2D eigenvalue weighted by Gasteiger charge is -2.12. The predicted molar refractivity (Wildman–Crippen MR) is 83.4 cm³/mol. The zero-order chi connectivity index (χ0) is 14.6. The largest absolute Gasteiger partial charge is 0.378 e. The zero-order valence-electron chi connectivity index (χ0n) is 11.5. The Hall–Kier alpha value is -2.07. The third-order valence-corrected chi connectivity index (χ3v) is 4.31. The Kier molecular flexibility index (Phi) is 4.25. The molecule has 0 unspecified atom stereocenters. The van der Waals surface area contributed by atoms with Crippen molar-refractivity contribution in [2.75, 3.05) is 19.0 Å². The maximum Gasteiger partial charge on any atom is 0.199 e. The second-order valence-corrected chi connectivity index (χ2v) is 6.48. The Bertz CT molecular complexity index is 704. The highest BCUT2D eigenvalue weighted by atomic mass is 32.2. The molecule has 0 atom stereocenters. The van der Waals surface area contributed by atoms with Crippen LogP contribution in [-0.2, 0) is 9.84 Å². The number of hydrogen-bond donors (Lipinski definition) is 0. The third kappa shape index (κ3) is 3.48. The Morgan fingerprint density at radius 3 is 2.30 bits per heavy atom. The van der Waals surface area contributed by atoms with E-state index in [1.807, 2.05) is 55.4 Å². The Labute approximate surface area is 120 Å². The van der Waals surface area contributed by atoms with Gasteiger partial charge in [0.1, 0.15) is 0 Å². The van der Waals surface area contributed by atoms with Gasteiger partial charge in [-0.25, -0.2) is 8.42 Å². The van der Waals surface area contributed by atoms with E-state index in [0.717, 1.165) is 11.3 Å². The average Bonchev–Trinajstić information content (AvgIpc) is 2.46. The van der Waals surface area contributed by atoms with Gasteiger partial charge in [-0.2, -0.15) is 0 Å². The van der Waals surface area contributed by atoms with Crippen LogP contribution >= 0.6 is 0 Å². The van der Waals surface area contributed by atoms with Crippen LogP contribution in [-0.4, -0.2) is 22.5 Å². The molecular weight excluding hydrogens is 270 g/mol. The molecule has 0 fully saturated rings. The molecule has 2 aromatic rings. The van der Waals surface area contributed by atoms with Crippen molar-refractivity contribution in [1.29, 1.82) is 0 Å². The van der Waals surface area contributed by atoms with E-state index in [1.165, 1.54) is 5.41 Å². The zero-order valence-corrected chi connectivity index (χ0v) is 12.3. The summed E-state index contributed by atoms with van der Waals surface area (Å²) < 4.78 is 24.5. The molecule has 0 spiro atoms. The molecule has 0 aliphatic rings. The van der Waals surface area contributed by atoms with Crippen LogP contribution in [0.15, 0.2) is 64.9 Å². The molecule has 20 heavy (non-hydrogen) atoms. The molecule has 0 aromatic heterocycles. The molecule has 0 aliphatic carbocycles. The highest BCUT2D eigenvalue weighted by molar-refractivity contribution is 7.94. The first-order valence-electron chi connectivity index (χ1n) is 6.25. The maximum atomic E-state index is 12.3. The van der Waals surface area contributed by atoms with Crippen molar-refractivity contribution < 1.29 is 8.42 Å². The van der Waals surface area contributed by atoms with Crippen LogP contribution in [0.2, 0.25) is 0 Å². The summed E-state index contributed by atoms with van der Waals surface area (Å²) in [5.74, 6) is 0. The molecule has 0 aliphatic heterocycles. The summed E-state index contributed by atoms with van der Waals surface area (Å²) in [4.78, 5) is 2.18. The lowest BCUT2D eigenvalue weighted by molar-refractivity contribution is 0.605. The molecule has 4 heteroatoms. The molecule has 2 aromatic carbocycles. The smallest absolute Gasteiger partial charge is 0.199 e. The average molecular weight is 287 g/mol. The quantitative estimate of drug-likeness (QED) is 0.866. The fourth-order valence-corrected chi connectivity index (χ4v) is 2.80. The highest BCUT2D eigenvalue weighted by Crippen LogP contribution is 2.20. The summed E-state index contributed by atoms with van der Waals surface area (Å²) >= 11 is 0. The first-order chi connectivity index (χ1) is 9.49. The minimum atomic E-state index is -3.42. The molecule has 0 bridgehead atoms. The predicted octanol–water partition coefficient (Wildman–Crippen LogP) is 3.20. The minimum absolute atomic E-state index is 0.302. The Balaban J connectivity index is 2.31. The minimum Gasteiger partial charge on any atom is -0.378 e. The van der Waals surface area contributed by atoms with Gasteiger partial charge in [0.25, 0.3) is 0 Å². The molecule has 3 nitrogen and oxygen atoms in total. The first-order valence-corrected chi connectivity index (χ1v) is 7.79. The van der Waals surface area contributed by atoms with Gasteiger partial charge >= 0.3 is 0 Å². The van der Waals surface area contributed by atoms with Gasteiger partial charge in [0.05, 0.1) is 4.90 Å². The molecule has 2 rings (SSSR count). The summed E-state index contributed by atoms with van der Waals surface area (Å²) in [6.07, 6.45) is 1.61. The van der Waals surface area contributed by atoms with E-state index in [0.29, 0.717) is 4.90 Å². The second kappa shape index (κ2) is 5.92. The van der Waals surface area contributed by atoms with Crippen LogP contribution in [0.4, 0.5) is 5.69 Å². The van der Waals surface area contributed by atoms with Gasteiger partial charge in [-0.3, -0.25) is 0 Å². The molecular formula is C16H17NO2S. The fourth-order valence-electron chi connectivity index (χ4n) is 1.75. The highest BCUT2D eigenvalue weighted by Gasteiger charge is 2.11. The molecule has 0 amide bonds. The van der Waals surface area contributed by atoms with Crippen molar-refractivity contribution in [2.24, 2.45) is 0 Å². The van der Waals surface area contributed by atoms with Crippen LogP contribution in [0.1, 0.15) is 5.56 Å². The van der Waals surface area contributed by atoms with Crippen molar-refractivity contribution in [3.8, 4) is 0 Å². The van der Waals surface area contributed by atoms with E-state index < -0.39 is 9.84 Å². The summed E-state index contributed by atoms with van der Waals surface area (Å²) in [5, 5.41) is 1.25. The van der Waals surface area contributed by atoms with Gasteiger partial charge in [-0.15, -0.1) is 0 Å². The van der Waals surface area contributed by atoms with Crippen molar-refractivity contribution in [3.05, 3.63) is 65.6 Å². The van der Waals surface area contributed by atoms with Crippen molar-refractivity contribution in [3.63, 3.8) is 0 Å². The van der Waals surface area contributed by atoms with Gasteiger partial charge < -0.3 is 4.90 Å². The van der Waals surface area contributed by atoms with Crippen LogP contribution in [0.5, 0.6) is 0 Å². The van der Waals surface area contributed by atoms with Gasteiger partial charge in [0, 0.05) is 25.2 Å². The van der Waals surface area contributed by atoms with Crippen LogP contribution in [0.3, 0.4) is 0 Å². The number of rotatable bonds is 4. The molecule has 0 heterocycles. The summed E-state index contributed by atoms with van der Waals surface area (Å²) in [7, 11) is 0.339. The number of anilines is 1. The van der Waals surface area contributed by atoms with E-state index in [-0.39, 0.29) is 0 Å². The van der Waals surface area contributed by atoms with E-state index in [2.05, 4.69) is 0 Å². The monoisotopic (exact) mass is 287 g/mol. The van der Waals surface area contributed by atoms with Gasteiger partial charge in [-0.05, 0) is 29.8 Å². The summed E-state index contributed by atoms with van der Waals surface area (Å²) in [5.41, 5.74) is 1.72. The molecule has 0 N–H and O–H groups in total. The Morgan fingerprint density at radius 2 is 1.65 bits per heavy atom. The van der Waals surface area contributed by atoms with Crippen molar-refractivity contribution in [1.82, 2.24) is 0 Å². The van der Waals surface area contributed by atoms with E-state index in [4.69, 9.17) is 0 Å². The molecule has 0 radical (unpaired) electrons. The van der Waals surface area contributed by atoms with Gasteiger partial charge in [-0.1, -0.05) is 36.4 Å². The topological polar surface area (TPSA) is 37.4 Å². The summed E-state index contributed by atoms with van der Waals surface area (Å²) in [6.45, 7) is 0. The second-order valence-electron chi connectivity index (χ2n) is 4.65. The molecule has 104 valence electrons. The molecule has 0 saturated carbocycles. The van der Waals surface area contributed by atoms with E-state index in [1.54, 1.807) is 24.3 Å². The maximum absolute atomic E-state index is 12.3. The normalized spacial score (nSPS) is 11.7. The van der Waals surface area contributed by atoms with Crippen molar-refractivity contribution >= 4 is 21.6 Å². The van der Waals surface area contributed by atoms with E-state index in [9.17, 15) is 8.42 Å². The molecule has 0 saturated heterocycles. The third-order valence-electron chi connectivity index (χ3n) is 2.90. The van der Waals surface area contributed by atoms with Crippen LogP contribution in [0.25, 0.3) is 6.08 Å². The van der Waals surface area contributed by atoms with Crippen LogP contribution < -0.4 is 4.90 Å². The number of nitrogens with zero attached hydrogens (tertiary/aromatic N) is 1. The van der Waals surface area contributed by atoms with Crippen molar-refractivity contribution in [2.45, 2.75) is 4.90 Å². The first kappa shape index (κ1) is 14.3. The number of sulfone groups is 1. The lowest BCUT2D eigenvalue weighted by Crippen LogP contribution is -2.09. The van der Waals surface area contributed by atoms with Gasteiger partial charge in [0.15, 0.2) is 9.84 Å². The van der Waals surface area contributed by atoms with Crippen LogP contribution in [0, 0.1) is 0 Å². The SMILES string of the molecule is CN(C)c1cccc(S(=O)(=O)C=Cc2ccccc2)c1. The van der Waals surface area contributed by atoms with E-state index >= 15 is 0 Å².